The molecule has 0 radical (unpaired) electrons. The summed E-state index contributed by atoms with van der Waals surface area (Å²) < 4.78 is 0. The van der Waals surface area contributed by atoms with Crippen LogP contribution in [0.4, 0.5) is 0 Å². The van der Waals surface area contributed by atoms with Crippen molar-refractivity contribution in [2.45, 2.75) is 37.4 Å². The molecule has 0 heterocycles. The van der Waals surface area contributed by atoms with E-state index in [1.54, 1.807) is 0 Å². The average molecular weight is 301 g/mol. The number of nitrogens with one attached hydrogen (secondary N) is 2. The highest BCUT2D eigenvalue weighted by Crippen LogP contribution is 2.21. The van der Waals surface area contributed by atoms with Gasteiger partial charge in [0.2, 0.25) is 0 Å². The Morgan fingerprint density at radius 1 is 0.857 bits per heavy atom. The van der Waals surface area contributed by atoms with Gasteiger partial charge in [0.1, 0.15) is 0 Å². The van der Waals surface area contributed by atoms with E-state index in [2.05, 4.69) is 15.5 Å². The summed E-state index contributed by atoms with van der Waals surface area (Å²) in [5, 5.41) is 6.71. The van der Waals surface area contributed by atoms with Gasteiger partial charge < -0.3 is 33.6 Å². The Morgan fingerprint density at radius 2 is 1.43 bits per heavy atom. The zero-order valence-electron chi connectivity index (χ0n) is 13.3. The van der Waals surface area contributed by atoms with Gasteiger partial charge in [0.25, 0.3) is 0 Å². The van der Waals surface area contributed by atoms with Crippen LogP contribution in [0.5, 0.6) is 0 Å². The summed E-state index contributed by atoms with van der Waals surface area (Å²) >= 11 is 0. The standard InChI is InChI=1S/C14H35N7/c15-3-5-19-7-9-21(10-8-20-6-4-16)14-11-12(17)1-2-13(14)18/h12-14,19-20H,1-11,15-18H2. The molecule has 1 aliphatic rings. The van der Waals surface area contributed by atoms with Gasteiger partial charge in [-0.1, -0.05) is 0 Å². The number of nitrogens with zero attached hydrogens (tertiary/aromatic N) is 1. The monoisotopic (exact) mass is 301 g/mol. The normalized spacial score (nSPS) is 26.4. The van der Waals surface area contributed by atoms with Gasteiger partial charge in [-0.3, -0.25) is 4.90 Å². The lowest BCUT2D eigenvalue weighted by atomic mass is 9.86. The van der Waals surface area contributed by atoms with E-state index >= 15 is 0 Å². The fourth-order valence-electron chi connectivity index (χ4n) is 2.96. The summed E-state index contributed by atoms with van der Waals surface area (Å²) in [5.74, 6) is 0. The van der Waals surface area contributed by atoms with Crippen LogP contribution in [-0.2, 0) is 0 Å². The second-order valence-electron chi connectivity index (χ2n) is 5.92. The molecule has 10 N–H and O–H groups in total. The molecule has 0 spiro atoms. The van der Waals surface area contributed by atoms with E-state index in [1.807, 2.05) is 0 Å². The van der Waals surface area contributed by atoms with Gasteiger partial charge in [-0.25, -0.2) is 0 Å². The van der Waals surface area contributed by atoms with Crippen LogP contribution in [0.25, 0.3) is 0 Å². The van der Waals surface area contributed by atoms with Crippen molar-refractivity contribution in [2.75, 3.05) is 52.4 Å². The SMILES string of the molecule is NCCNCCN(CCNCCN)C1CC(N)CCC1N. The molecule has 1 saturated carbocycles. The number of nitrogens with two attached hydrogens (primary N) is 4. The van der Waals surface area contributed by atoms with Crippen molar-refractivity contribution in [2.24, 2.45) is 22.9 Å². The van der Waals surface area contributed by atoms with Gasteiger partial charge in [0.15, 0.2) is 0 Å². The van der Waals surface area contributed by atoms with Gasteiger partial charge in [-0.2, -0.15) is 0 Å². The quantitative estimate of drug-likeness (QED) is 0.234. The third kappa shape index (κ3) is 7.51. The zero-order chi connectivity index (χ0) is 15.5. The molecule has 0 aliphatic heterocycles. The minimum atomic E-state index is 0.230. The minimum absolute atomic E-state index is 0.230. The Bertz CT molecular complexity index is 239. The van der Waals surface area contributed by atoms with Gasteiger partial charge in [0.05, 0.1) is 0 Å². The van der Waals surface area contributed by atoms with Crippen LogP contribution in [-0.4, -0.2) is 75.4 Å². The minimum Gasteiger partial charge on any atom is -0.329 e. The van der Waals surface area contributed by atoms with Gasteiger partial charge in [-0.15, -0.1) is 0 Å². The Balaban J connectivity index is 2.43. The molecule has 21 heavy (non-hydrogen) atoms. The molecule has 0 bridgehead atoms. The maximum absolute atomic E-state index is 6.32. The zero-order valence-corrected chi connectivity index (χ0v) is 13.3. The highest BCUT2D eigenvalue weighted by atomic mass is 15.2. The number of rotatable bonds is 11. The van der Waals surface area contributed by atoms with E-state index in [0.29, 0.717) is 19.1 Å². The summed E-state index contributed by atoms with van der Waals surface area (Å²) in [6.07, 6.45) is 3.06. The van der Waals surface area contributed by atoms with Crippen molar-refractivity contribution in [1.82, 2.24) is 15.5 Å². The molecular weight excluding hydrogens is 266 g/mol. The summed E-state index contributed by atoms with van der Waals surface area (Å²) in [5.41, 5.74) is 23.5. The molecule has 1 fully saturated rings. The molecule has 126 valence electrons. The van der Waals surface area contributed by atoms with Gasteiger partial charge in [0, 0.05) is 70.5 Å². The van der Waals surface area contributed by atoms with Crippen molar-refractivity contribution >= 4 is 0 Å². The van der Waals surface area contributed by atoms with Crippen LogP contribution in [0.15, 0.2) is 0 Å². The van der Waals surface area contributed by atoms with Crippen molar-refractivity contribution < 1.29 is 0 Å². The Kier molecular flexibility index (Phi) is 10.1. The molecule has 3 atom stereocenters. The Labute approximate surface area is 129 Å². The van der Waals surface area contributed by atoms with Crippen LogP contribution in [0.2, 0.25) is 0 Å². The van der Waals surface area contributed by atoms with Crippen LogP contribution in [0, 0.1) is 0 Å². The van der Waals surface area contributed by atoms with Crippen molar-refractivity contribution in [3.63, 3.8) is 0 Å². The van der Waals surface area contributed by atoms with Crippen LogP contribution < -0.4 is 33.6 Å². The van der Waals surface area contributed by atoms with Gasteiger partial charge in [-0.05, 0) is 19.3 Å². The molecule has 0 aromatic carbocycles. The molecule has 1 aliphatic carbocycles. The number of hydrogen-bond donors (Lipinski definition) is 6. The maximum atomic E-state index is 6.32. The number of hydrogen-bond acceptors (Lipinski definition) is 7. The largest absolute Gasteiger partial charge is 0.329 e. The highest BCUT2D eigenvalue weighted by Gasteiger charge is 2.30. The van der Waals surface area contributed by atoms with E-state index in [9.17, 15) is 0 Å². The second-order valence-corrected chi connectivity index (χ2v) is 5.92. The van der Waals surface area contributed by atoms with E-state index in [0.717, 1.165) is 58.5 Å². The van der Waals surface area contributed by atoms with Gasteiger partial charge >= 0.3 is 0 Å². The third-order valence-corrected chi connectivity index (χ3v) is 4.17. The first-order valence-corrected chi connectivity index (χ1v) is 8.25. The first-order valence-electron chi connectivity index (χ1n) is 8.25. The van der Waals surface area contributed by atoms with Crippen LogP contribution in [0.3, 0.4) is 0 Å². The summed E-state index contributed by atoms with van der Waals surface area (Å²) in [7, 11) is 0. The Morgan fingerprint density at radius 3 is 1.95 bits per heavy atom. The van der Waals surface area contributed by atoms with E-state index in [-0.39, 0.29) is 12.1 Å². The molecule has 1 rings (SSSR count). The van der Waals surface area contributed by atoms with E-state index in [4.69, 9.17) is 22.9 Å². The molecule has 0 aromatic heterocycles. The molecular formula is C14H35N7. The van der Waals surface area contributed by atoms with Crippen LogP contribution >= 0.6 is 0 Å². The average Bonchev–Trinajstić information content (AvgIpc) is 2.48. The Hall–Kier alpha value is -0.280. The lowest BCUT2D eigenvalue weighted by molar-refractivity contribution is 0.130. The topological polar surface area (TPSA) is 131 Å². The highest BCUT2D eigenvalue weighted by molar-refractivity contribution is 4.91. The maximum Gasteiger partial charge on any atom is 0.0262 e. The predicted octanol–water partition coefficient (Wildman–Crippen LogP) is -2.41. The second kappa shape index (κ2) is 11.3. The molecule has 0 saturated heterocycles. The van der Waals surface area contributed by atoms with Crippen LogP contribution in [0.1, 0.15) is 19.3 Å². The van der Waals surface area contributed by atoms with E-state index < -0.39 is 0 Å². The summed E-state index contributed by atoms with van der Waals surface area (Å²) in [6, 6.07) is 0.897. The molecule has 0 amide bonds. The lowest BCUT2D eigenvalue weighted by Gasteiger charge is -2.40. The van der Waals surface area contributed by atoms with Crippen molar-refractivity contribution in [3.8, 4) is 0 Å². The predicted molar refractivity (Wildman–Crippen MR) is 89.0 cm³/mol. The smallest absolute Gasteiger partial charge is 0.0262 e. The van der Waals surface area contributed by atoms with E-state index in [1.165, 1.54) is 0 Å². The summed E-state index contributed by atoms with van der Waals surface area (Å²) in [6.45, 7) is 6.90. The molecule has 7 heteroatoms. The lowest BCUT2D eigenvalue weighted by Crippen LogP contribution is -2.56. The fourth-order valence-corrected chi connectivity index (χ4v) is 2.96. The summed E-state index contributed by atoms with van der Waals surface area (Å²) in [4.78, 5) is 2.47. The first kappa shape index (κ1) is 18.8. The van der Waals surface area contributed by atoms with Crippen molar-refractivity contribution in [1.29, 1.82) is 0 Å². The fraction of sp³-hybridized carbons (Fsp3) is 1.00. The molecule has 0 aromatic rings. The molecule has 3 unspecified atom stereocenters. The third-order valence-electron chi connectivity index (χ3n) is 4.17. The molecule has 7 nitrogen and oxygen atoms in total. The first-order chi connectivity index (χ1) is 10.2. The van der Waals surface area contributed by atoms with Crippen molar-refractivity contribution in [3.05, 3.63) is 0 Å².